The van der Waals surface area contributed by atoms with Gasteiger partial charge in [-0.3, -0.25) is 0 Å². The van der Waals surface area contributed by atoms with E-state index in [9.17, 15) is 9.90 Å². The SMILES string of the molecule is Cc1csc(SN(CC2(C)COC2)c2cc3c(cc2OCc2ccc(C(=O)O)s2)CCC3)n1. The zero-order valence-electron chi connectivity index (χ0n) is 18.6. The van der Waals surface area contributed by atoms with E-state index in [0.29, 0.717) is 11.5 Å². The number of rotatable bonds is 9. The number of carbonyl (C=O) groups is 1. The molecule has 0 unspecified atom stereocenters. The van der Waals surface area contributed by atoms with Crippen LogP contribution in [-0.4, -0.2) is 35.8 Å². The second-order valence-electron chi connectivity index (χ2n) is 8.99. The van der Waals surface area contributed by atoms with Gasteiger partial charge in [-0.2, -0.15) is 0 Å². The molecule has 1 N–H and O–H groups in total. The lowest BCUT2D eigenvalue weighted by Crippen LogP contribution is -2.47. The molecule has 3 aromatic rings. The number of ether oxygens (including phenoxy) is 2. The topological polar surface area (TPSA) is 71.9 Å². The Morgan fingerprint density at radius 3 is 2.73 bits per heavy atom. The third-order valence-electron chi connectivity index (χ3n) is 5.90. The Morgan fingerprint density at radius 1 is 1.30 bits per heavy atom. The summed E-state index contributed by atoms with van der Waals surface area (Å²) in [6, 6.07) is 7.94. The molecule has 1 fully saturated rings. The van der Waals surface area contributed by atoms with Crippen LogP contribution in [0.5, 0.6) is 5.75 Å². The monoisotopic (exact) mass is 502 g/mol. The van der Waals surface area contributed by atoms with Crippen molar-refractivity contribution in [3.63, 3.8) is 0 Å². The van der Waals surface area contributed by atoms with Gasteiger partial charge in [0.1, 0.15) is 17.2 Å². The van der Waals surface area contributed by atoms with Gasteiger partial charge in [-0.05, 0) is 61.6 Å². The van der Waals surface area contributed by atoms with E-state index >= 15 is 0 Å². The van der Waals surface area contributed by atoms with Crippen molar-refractivity contribution in [1.29, 1.82) is 0 Å². The molecule has 0 saturated carbocycles. The molecule has 0 radical (unpaired) electrons. The maximum atomic E-state index is 11.2. The van der Waals surface area contributed by atoms with E-state index in [2.05, 4.69) is 33.7 Å². The number of fused-ring (bicyclic) bond motifs is 1. The number of aryl methyl sites for hydroxylation is 3. The number of hydrogen-bond donors (Lipinski definition) is 1. The molecule has 2 aliphatic rings. The van der Waals surface area contributed by atoms with Crippen LogP contribution in [0.15, 0.2) is 34.0 Å². The van der Waals surface area contributed by atoms with Crippen molar-refractivity contribution in [1.82, 2.24) is 4.98 Å². The fourth-order valence-corrected chi connectivity index (χ4v) is 7.00. The number of aromatic carboxylic acids is 1. The maximum absolute atomic E-state index is 11.2. The summed E-state index contributed by atoms with van der Waals surface area (Å²) >= 11 is 4.57. The van der Waals surface area contributed by atoms with E-state index in [1.54, 1.807) is 29.4 Å². The van der Waals surface area contributed by atoms with Crippen molar-refractivity contribution < 1.29 is 19.4 Å². The van der Waals surface area contributed by atoms with Crippen LogP contribution in [-0.2, 0) is 24.2 Å². The van der Waals surface area contributed by atoms with Gasteiger partial charge in [0.05, 0.1) is 18.9 Å². The van der Waals surface area contributed by atoms with Gasteiger partial charge >= 0.3 is 5.97 Å². The van der Waals surface area contributed by atoms with E-state index in [1.807, 2.05) is 13.0 Å². The molecule has 1 saturated heterocycles. The molecular formula is C24H26N2O4S3. The first kappa shape index (κ1) is 22.7. The van der Waals surface area contributed by atoms with Crippen molar-refractivity contribution in [3.05, 3.63) is 56.2 Å². The van der Waals surface area contributed by atoms with Crippen molar-refractivity contribution in [2.45, 2.75) is 44.1 Å². The molecule has 6 nitrogen and oxygen atoms in total. The van der Waals surface area contributed by atoms with Crippen LogP contribution in [0.2, 0.25) is 0 Å². The molecule has 2 aromatic heterocycles. The summed E-state index contributed by atoms with van der Waals surface area (Å²) in [5, 5.41) is 11.3. The molecule has 1 aromatic carbocycles. The zero-order chi connectivity index (χ0) is 23.0. The molecule has 174 valence electrons. The third-order valence-corrected chi connectivity index (χ3v) is 9.00. The number of carboxylic acid groups (broad SMARTS) is 1. The lowest BCUT2D eigenvalue weighted by Gasteiger charge is -2.42. The molecule has 5 rings (SSSR count). The summed E-state index contributed by atoms with van der Waals surface area (Å²) in [4.78, 5) is 17.2. The Morgan fingerprint density at radius 2 is 2.09 bits per heavy atom. The first-order valence-electron chi connectivity index (χ1n) is 10.9. The highest BCUT2D eigenvalue weighted by atomic mass is 32.2. The Balaban J connectivity index is 1.46. The number of benzene rings is 1. The molecule has 3 heterocycles. The fourth-order valence-electron chi connectivity index (χ4n) is 4.14. The van der Waals surface area contributed by atoms with Crippen LogP contribution in [0.3, 0.4) is 0 Å². The van der Waals surface area contributed by atoms with Crippen molar-refractivity contribution >= 4 is 46.3 Å². The first-order valence-corrected chi connectivity index (χ1v) is 13.4. The highest BCUT2D eigenvalue weighted by molar-refractivity contribution is 8.02. The minimum atomic E-state index is -0.901. The second kappa shape index (κ2) is 9.29. The van der Waals surface area contributed by atoms with Gasteiger partial charge in [0.2, 0.25) is 0 Å². The Bertz CT molecular complexity index is 1170. The predicted octanol–water partition coefficient (Wildman–Crippen LogP) is 5.83. The first-order chi connectivity index (χ1) is 15.9. The molecule has 0 spiro atoms. The van der Waals surface area contributed by atoms with Gasteiger partial charge in [0, 0.05) is 39.9 Å². The average Bonchev–Trinajstić information content (AvgIpc) is 3.50. The number of hydrogen-bond acceptors (Lipinski definition) is 8. The van der Waals surface area contributed by atoms with Gasteiger partial charge in [-0.1, -0.05) is 6.92 Å². The van der Waals surface area contributed by atoms with Gasteiger partial charge < -0.3 is 18.9 Å². The standard InChI is InChI=1S/C24H26N2O4S3/c1-15-11-31-23(25-15)33-26(12-24(2)13-29-14-24)19-8-16-4-3-5-17(16)9-20(19)30-10-18-6-7-21(32-18)22(27)28/h6-9,11H,3-5,10,12-14H2,1-2H3,(H,27,28). The van der Waals surface area contributed by atoms with Crippen LogP contribution in [0.4, 0.5) is 5.69 Å². The molecule has 1 aliphatic heterocycles. The van der Waals surface area contributed by atoms with E-state index in [-0.39, 0.29) is 5.41 Å². The van der Waals surface area contributed by atoms with E-state index in [0.717, 1.165) is 65.4 Å². The highest BCUT2D eigenvalue weighted by Gasteiger charge is 2.37. The van der Waals surface area contributed by atoms with Gasteiger partial charge in [-0.25, -0.2) is 9.78 Å². The minimum absolute atomic E-state index is 0.0831. The lowest BCUT2D eigenvalue weighted by atomic mass is 9.88. The largest absolute Gasteiger partial charge is 0.486 e. The number of carboxylic acids is 1. The number of anilines is 1. The quantitative estimate of drug-likeness (QED) is 0.369. The van der Waals surface area contributed by atoms with Crippen molar-refractivity contribution in [2.75, 3.05) is 24.1 Å². The van der Waals surface area contributed by atoms with Gasteiger partial charge in [0.15, 0.2) is 4.34 Å². The lowest BCUT2D eigenvalue weighted by molar-refractivity contribution is -0.0939. The number of nitrogens with zero attached hydrogens (tertiary/aromatic N) is 2. The smallest absolute Gasteiger partial charge is 0.345 e. The Hall–Kier alpha value is -2.07. The summed E-state index contributed by atoms with van der Waals surface area (Å²) in [6.45, 7) is 6.93. The van der Waals surface area contributed by atoms with Crippen molar-refractivity contribution in [2.24, 2.45) is 5.41 Å². The number of thiazole rings is 1. The molecular weight excluding hydrogens is 476 g/mol. The minimum Gasteiger partial charge on any atom is -0.486 e. The predicted molar refractivity (Wildman–Crippen MR) is 133 cm³/mol. The summed E-state index contributed by atoms with van der Waals surface area (Å²) in [5.41, 5.74) is 4.89. The van der Waals surface area contributed by atoms with E-state index in [4.69, 9.17) is 9.47 Å². The third kappa shape index (κ3) is 5.06. The molecule has 9 heteroatoms. The fraction of sp³-hybridized carbons (Fsp3) is 0.417. The summed E-state index contributed by atoms with van der Waals surface area (Å²) < 4.78 is 15.2. The van der Waals surface area contributed by atoms with Gasteiger partial charge in [0.25, 0.3) is 0 Å². The Kier molecular flexibility index (Phi) is 6.39. The van der Waals surface area contributed by atoms with E-state index < -0.39 is 5.97 Å². The van der Waals surface area contributed by atoms with E-state index in [1.165, 1.54) is 22.5 Å². The number of thiophene rings is 1. The Labute approximate surface area is 205 Å². The van der Waals surface area contributed by atoms with Crippen molar-refractivity contribution in [3.8, 4) is 5.75 Å². The van der Waals surface area contributed by atoms with Gasteiger partial charge in [-0.15, -0.1) is 22.7 Å². The van der Waals surface area contributed by atoms with Crippen LogP contribution in [0, 0.1) is 12.3 Å². The molecule has 0 amide bonds. The summed E-state index contributed by atoms with van der Waals surface area (Å²) in [7, 11) is 0. The summed E-state index contributed by atoms with van der Waals surface area (Å²) in [5.74, 6) is -0.0627. The number of aromatic nitrogens is 1. The second-order valence-corrected chi connectivity index (χ2v) is 12.3. The van der Waals surface area contributed by atoms with Crippen LogP contribution < -0.4 is 9.04 Å². The average molecular weight is 503 g/mol. The highest BCUT2D eigenvalue weighted by Crippen LogP contribution is 2.43. The molecule has 1 aliphatic carbocycles. The van der Waals surface area contributed by atoms with Crippen LogP contribution in [0.1, 0.15) is 44.7 Å². The summed E-state index contributed by atoms with van der Waals surface area (Å²) in [6.07, 6.45) is 3.32. The normalized spacial score (nSPS) is 16.3. The zero-order valence-corrected chi connectivity index (χ0v) is 21.1. The molecule has 0 atom stereocenters. The molecule has 0 bridgehead atoms. The van der Waals surface area contributed by atoms with Crippen LogP contribution in [0.25, 0.3) is 0 Å². The molecule has 33 heavy (non-hydrogen) atoms. The van der Waals surface area contributed by atoms with Crippen LogP contribution >= 0.6 is 34.6 Å². The maximum Gasteiger partial charge on any atom is 0.345 e.